The first-order valence-corrected chi connectivity index (χ1v) is 7.83. The lowest BCUT2D eigenvalue weighted by molar-refractivity contribution is 0.635. The topological polar surface area (TPSA) is 37.8 Å². The standard InChI is InChI=1S/C16H19Cl2N3/c1-4-19-14-9-11(8-10(2)3)20-16(21-14)12-6-5-7-13(17)15(12)18/h5-7,9-10H,4,8H2,1-3H3,(H,19,20,21). The van der Waals surface area contributed by atoms with E-state index in [1.54, 1.807) is 6.07 Å². The third kappa shape index (κ3) is 4.08. The zero-order valence-corrected chi connectivity index (χ0v) is 14.0. The average Bonchev–Trinajstić information content (AvgIpc) is 2.41. The summed E-state index contributed by atoms with van der Waals surface area (Å²) in [6, 6.07) is 7.50. The van der Waals surface area contributed by atoms with Crippen LogP contribution in [0.25, 0.3) is 11.4 Å². The van der Waals surface area contributed by atoms with Crippen LogP contribution in [0.3, 0.4) is 0 Å². The van der Waals surface area contributed by atoms with Gasteiger partial charge in [-0.25, -0.2) is 9.97 Å². The van der Waals surface area contributed by atoms with Crippen LogP contribution in [-0.2, 0) is 6.42 Å². The molecule has 0 aliphatic heterocycles. The Kier molecular flexibility index (Phi) is 5.43. The third-order valence-corrected chi connectivity index (χ3v) is 3.77. The van der Waals surface area contributed by atoms with E-state index in [0.29, 0.717) is 21.8 Å². The summed E-state index contributed by atoms with van der Waals surface area (Å²) in [5.74, 6) is 1.95. The van der Waals surface area contributed by atoms with Gasteiger partial charge in [-0.05, 0) is 31.4 Å². The number of rotatable bonds is 5. The quantitative estimate of drug-likeness (QED) is 0.833. The van der Waals surface area contributed by atoms with Crippen molar-refractivity contribution >= 4 is 29.0 Å². The number of halogens is 2. The van der Waals surface area contributed by atoms with Crippen LogP contribution < -0.4 is 5.32 Å². The molecule has 0 bridgehead atoms. The number of anilines is 1. The van der Waals surface area contributed by atoms with Crippen LogP contribution in [0.1, 0.15) is 26.5 Å². The van der Waals surface area contributed by atoms with Gasteiger partial charge in [0.1, 0.15) is 5.82 Å². The molecule has 112 valence electrons. The van der Waals surface area contributed by atoms with E-state index in [9.17, 15) is 0 Å². The minimum Gasteiger partial charge on any atom is -0.370 e. The van der Waals surface area contributed by atoms with Crippen LogP contribution in [0.15, 0.2) is 24.3 Å². The van der Waals surface area contributed by atoms with Gasteiger partial charge < -0.3 is 5.32 Å². The summed E-state index contributed by atoms with van der Waals surface area (Å²) >= 11 is 12.4. The Balaban J connectivity index is 2.51. The second kappa shape index (κ2) is 7.10. The molecule has 1 N–H and O–H groups in total. The van der Waals surface area contributed by atoms with Gasteiger partial charge in [0.05, 0.1) is 10.0 Å². The highest BCUT2D eigenvalue weighted by atomic mass is 35.5. The molecule has 0 radical (unpaired) electrons. The zero-order valence-electron chi connectivity index (χ0n) is 12.5. The van der Waals surface area contributed by atoms with Crippen LogP contribution in [0.5, 0.6) is 0 Å². The van der Waals surface area contributed by atoms with Crippen molar-refractivity contribution in [3.63, 3.8) is 0 Å². The molecule has 5 heteroatoms. The van der Waals surface area contributed by atoms with Crippen molar-refractivity contribution in [1.29, 1.82) is 0 Å². The minimum absolute atomic E-state index is 0.489. The first-order chi connectivity index (χ1) is 10.0. The van der Waals surface area contributed by atoms with E-state index in [1.807, 2.05) is 25.1 Å². The SMILES string of the molecule is CCNc1cc(CC(C)C)nc(-c2cccc(Cl)c2Cl)n1. The molecule has 0 saturated carbocycles. The minimum atomic E-state index is 0.489. The molecule has 0 fully saturated rings. The summed E-state index contributed by atoms with van der Waals surface area (Å²) in [6.45, 7) is 7.18. The molecule has 2 aromatic rings. The second-order valence-corrected chi connectivity index (χ2v) is 6.08. The molecule has 21 heavy (non-hydrogen) atoms. The first-order valence-electron chi connectivity index (χ1n) is 7.07. The van der Waals surface area contributed by atoms with E-state index in [-0.39, 0.29) is 0 Å². The molecular formula is C16H19Cl2N3. The molecule has 0 atom stereocenters. The van der Waals surface area contributed by atoms with E-state index in [4.69, 9.17) is 23.2 Å². The molecule has 0 spiro atoms. The van der Waals surface area contributed by atoms with Gasteiger partial charge in [-0.2, -0.15) is 0 Å². The molecule has 1 aromatic carbocycles. The Morgan fingerprint density at radius 3 is 2.62 bits per heavy atom. The lowest BCUT2D eigenvalue weighted by atomic mass is 10.1. The van der Waals surface area contributed by atoms with Gasteiger partial charge in [-0.3, -0.25) is 0 Å². The van der Waals surface area contributed by atoms with E-state index < -0.39 is 0 Å². The number of hydrogen-bond donors (Lipinski definition) is 1. The van der Waals surface area contributed by atoms with E-state index in [1.165, 1.54) is 0 Å². The number of nitrogens with one attached hydrogen (secondary N) is 1. The molecule has 3 nitrogen and oxygen atoms in total. The lowest BCUT2D eigenvalue weighted by Crippen LogP contribution is -2.06. The summed E-state index contributed by atoms with van der Waals surface area (Å²) in [7, 11) is 0. The summed E-state index contributed by atoms with van der Waals surface area (Å²) in [6.07, 6.45) is 0.895. The van der Waals surface area contributed by atoms with E-state index in [2.05, 4.69) is 29.1 Å². The molecule has 1 heterocycles. The molecule has 1 aromatic heterocycles. The van der Waals surface area contributed by atoms with Gasteiger partial charge in [0, 0.05) is 23.9 Å². The van der Waals surface area contributed by atoms with Crippen molar-refractivity contribution in [3.8, 4) is 11.4 Å². The van der Waals surface area contributed by atoms with Crippen LogP contribution >= 0.6 is 23.2 Å². The maximum Gasteiger partial charge on any atom is 0.163 e. The van der Waals surface area contributed by atoms with Gasteiger partial charge >= 0.3 is 0 Å². The fourth-order valence-electron chi connectivity index (χ4n) is 2.09. The molecule has 0 unspecified atom stereocenters. The lowest BCUT2D eigenvalue weighted by Gasteiger charge is -2.11. The number of hydrogen-bond acceptors (Lipinski definition) is 3. The van der Waals surface area contributed by atoms with Crippen molar-refractivity contribution in [2.45, 2.75) is 27.2 Å². The Bertz CT molecular complexity index is 627. The van der Waals surface area contributed by atoms with Crippen molar-refractivity contribution < 1.29 is 0 Å². The van der Waals surface area contributed by atoms with Gasteiger partial charge in [0.15, 0.2) is 5.82 Å². The monoisotopic (exact) mass is 323 g/mol. The Labute approximate surface area is 135 Å². The van der Waals surface area contributed by atoms with Crippen LogP contribution in [0.2, 0.25) is 10.0 Å². The fraction of sp³-hybridized carbons (Fsp3) is 0.375. The predicted molar refractivity (Wildman–Crippen MR) is 90.2 cm³/mol. The van der Waals surface area contributed by atoms with Crippen LogP contribution in [0, 0.1) is 5.92 Å². The molecule has 0 amide bonds. The predicted octanol–water partition coefficient (Wildman–Crippen LogP) is 5.08. The van der Waals surface area contributed by atoms with Crippen molar-refractivity contribution in [3.05, 3.63) is 40.0 Å². The summed E-state index contributed by atoms with van der Waals surface area (Å²) in [4.78, 5) is 9.17. The maximum atomic E-state index is 6.28. The van der Waals surface area contributed by atoms with Crippen LogP contribution in [-0.4, -0.2) is 16.5 Å². The second-order valence-electron chi connectivity index (χ2n) is 5.30. The highest BCUT2D eigenvalue weighted by molar-refractivity contribution is 6.43. The zero-order chi connectivity index (χ0) is 15.4. The molecular weight excluding hydrogens is 305 g/mol. The fourth-order valence-corrected chi connectivity index (χ4v) is 2.47. The van der Waals surface area contributed by atoms with Crippen molar-refractivity contribution in [2.75, 3.05) is 11.9 Å². The number of benzene rings is 1. The van der Waals surface area contributed by atoms with Gasteiger partial charge in [0.25, 0.3) is 0 Å². The third-order valence-electron chi connectivity index (χ3n) is 2.95. The smallest absolute Gasteiger partial charge is 0.163 e. The highest BCUT2D eigenvalue weighted by Crippen LogP contribution is 2.32. The van der Waals surface area contributed by atoms with Gasteiger partial charge in [-0.15, -0.1) is 0 Å². The summed E-state index contributed by atoms with van der Waals surface area (Å²) in [5.41, 5.74) is 1.76. The highest BCUT2D eigenvalue weighted by Gasteiger charge is 2.12. The largest absolute Gasteiger partial charge is 0.370 e. The first kappa shape index (κ1) is 16.1. The van der Waals surface area contributed by atoms with E-state index >= 15 is 0 Å². The normalized spacial score (nSPS) is 11.0. The van der Waals surface area contributed by atoms with Crippen molar-refractivity contribution in [1.82, 2.24) is 9.97 Å². The summed E-state index contributed by atoms with van der Waals surface area (Å²) in [5, 5.41) is 4.24. The molecule has 2 rings (SSSR count). The average molecular weight is 324 g/mol. The molecule has 0 aliphatic carbocycles. The van der Waals surface area contributed by atoms with E-state index in [0.717, 1.165) is 30.0 Å². The number of aromatic nitrogens is 2. The molecule has 0 aliphatic rings. The number of nitrogens with zero attached hydrogens (tertiary/aromatic N) is 2. The molecule has 0 saturated heterocycles. The van der Waals surface area contributed by atoms with Gasteiger partial charge in [-0.1, -0.05) is 43.1 Å². The summed E-state index contributed by atoms with van der Waals surface area (Å²) < 4.78 is 0. The van der Waals surface area contributed by atoms with Crippen molar-refractivity contribution in [2.24, 2.45) is 5.92 Å². The Hall–Kier alpha value is -1.32. The maximum absolute atomic E-state index is 6.28. The Morgan fingerprint density at radius 2 is 1.95 bits per heavy atom. The van der Waals surface area contributed by atoms with Crippen LogP contribution in [0.4, 0.5) is 5.82 Å². The van der Waals surface area contributed by atoms with Gasteiger partial charge in [0.2, 0.25) is 0 Å². The Morgan fingerprint density at radius 1 is 1.19 bits per heavy atom.